The van der Waals surface area contributed by atoms with Crippen molar-refractivity contribution < 1.29 is 9.15 Å². The van der Waals surface area contributed by atoms with Crippen LogP contribution in [0, 0.1) is 0 Å². The normalized spacial score (nSPS) is 13.4. The standard InChI is InChI=1S/C20H19ClN2O2S/c21-18-8-4-3-7-16(18)13-26-20-23-22-19(25-20)12-24-17-10-9-14-5-1-2-6-15(14)11-17/h3-4,7-11H,1-2,5-6,12-13H2. The Hall–Kier alpha value is -1.98. The van der Waals surface area contributed by atoms with Crippen molar-refractivity contribution in [3.05, 3.63) is 70.1 Å². The van der Waals surface area contributed by atoms with Gasteiger partial charge in [0.05, 0.1) is 0 Å². The molecule has 0 amide bonds. The molecule has 1 aliphatic carbocycles. The zero-order valence-corrected chi connectivity index (χ0v) is 15.9. The first-order chi connectivity index (χ1) is 12.8. The fraction of sp³-hybridized carbons (Fsp3) is 0.300. The van der Waals surface area contributed by atoms with Crippen LogP contribution in [-0.2, 0) is 25.2 Å². The molecule has 4 rings (SSSR count). The number of nitrogens with zero attached hydrogens (tertiary/aromatic N) is 2. The van der Waals surface area contributed by atoms with Crippen LogP contribution in [0.15, 0.2) is 52.1 Å². The van der Waals surface area contributed by atoms with Crippen LogP contribution >= 0.6 is 23.4 Å². The SMILES string of the molecule is Clc1ccccc1CSc1nnc(COc2ccc3c(c2)CCCC3)o1. The van der Waals surface area contributed by atoms with Crippen LogP contribution < -0.4 is 4.74 Å². The third kappa shape index (κ3) is 4.22. The maximum absolute atomic E-state index is 6.16. The Morgan fingerprint density at radius 3 is 2.77 bits per heavy atom. The molecule has 0 spiro atoms. The van der Waals surface area contributed by atoms with Crippen molar-refractivity contribution in [3.8, 4) is 5.75 Å². The van der Waals surface area contributed by atoms with Gasteiger partial charge in [-0.1, -0.05) is 47.6 Å². The number of hydrogen-bond donors (Lipinski definition) is 0. The number of hydrogen-bond acceptors (Lipinski definition) is 5. The summed E-state index contributed by atoms with van der Waals surface area (Å²) in [5.41, 5.74) is 3.89. The van der Waals surface area contributed by atoms with Gasteiger partial charge in [0.2, 0.25) is 0 Å². The summed E-state index contributed by atoms with van der Waals surface area (Å²) in [6.07, 6.45) is 4.84. The molecule has 2 aromatic carbocycles. The summed E-state index contributed by atoms with van der Waals surface area (Å²) >= 11 is 7.63. The largest absolute Gasteiger partial charge is 0.484 e. The van der Waals surface area contributed by atoms with Gasteiger partial charge in [0.15, 0.2) is 6.61 Å². The number of halogens is 1. The van der Waals surface area contributed by atoms with Crippen LogP contribution in [0.2, 0.25) is 5.02 Å². The highest BCUT2D eigenvalue weighted by Crippen LogP contribution is 2.27. The highest BCUT2D eigenvalue weighted by molar-refractivity contribution is 7.98. The van der Waals surface area contributed by atoms with Gasteiger partial charge in [-0.25, -0.2) is 0 Å². The van der Waals surface area contributed by atoms with E-state index in [4.69, 9.17) is 20.8 Å². The Kier molecular flexibility index (Phi) is 5.46. The van der Waals surface area contributed by atoms with E-state index in [0.29, 0.717) is 16.9 Å². The predicted molar refractivity (Wildman–Crippen MR) is 103 cm³/mol. The molecule has 0 radical (unpaired) electrons. The maximum atomic E-state index is 6.16. The summed E-state index contributed by atoms with van der Waals surface area (Å²) in [6, 6.07) is 14.1. The summed E-state index contributed by atoms with van der Waals surface area (Å²) in [6.45, 7) is 0.276. The number of benzene rings is 2. The third-order valence-electron chi connectivity index (χ3n) is 4.44. The molecule has 1 aromatic heterocycles. The number of rotatable bonds is 6. The molecular formula is C20H19ClN2O2S. The van der Waals surface area contributed by atoms with Gasteiger partial charge in [-0.3, -0.25) is 0 Å². The molecule has 0 fully saturated rings. The van der Waals surface area contributed by atoms with Gasteiger partial charge in [0.1, 0.15) is 5.75 Å². The van der Waals surface area contributed by atoms with Crippen LogP contribution in [-0.4, -0.2) is 10.2 Å². The molecular weight excluding hydrogens is 368 g/mol. The van der Waals surface area contributed by atoms with E-state index in [1.807, 2.05) is 30.3 Å². The molecule has 3 aromatic rings. The summed E-state index contributed by atoms with van der Waals surface area (Å²) in [5, 5.41) is 9.39. The van der Waals surface area contributed by atoms with Crippen LogP contribution in [0.4, 0.5) is 0 Å². The minimum absolute atomic E-state index is 0.276. The van der Waals surface area contributed by atoms with E-state index in [0.717, 1.165) is 22.8 Å². The molecule has 0 aliphatic heterocycles. The van der Waals surface area contributed by atoms with Crippen LogP contribution in [0.1, 0.15) is 35.4 Å². The summed E-state index contributed by atoms with van der Waals surface area (Å²) in [7, 11) is 0. The van der Waals surface area contributed by atoms with E-state index >= 15 is 0 Å². The highest BCUT2D eigenvalue weighted by atomic mass is 35.5. The van der Waals surface area contributed by atoms with E-state index in [2.05, 4.69) is 22.3 Å². The fourth-order valence-corrected chi connectivity index (χ4v) is 4.12. The van der Waals surface area contributed by atoms with Crippen molar-refractivity contribution in [2.24, 2.45) is 0 Å². The molecule has 1 aliphatic rings. The van der Waals surface area contributed by atoms with Gasteiger partial charge in [-0.15, -0.1) is 10.2 Å². The van der Waals surface area contributed by atoms with Gasteiger partial charge < -0.3 is 9.15 Å². The maximum Gasteiger partial charge on any atom is 0.277 e. The number of aromatic nitrogens is 2. The predicted octanol–water partition coefficient (Wildman–Crippen LogP) is 5.47. The molecule has 6 heteroatoms. The Morgan fingerprint density at radius 1 is 1.04 bits per heavy atom. The summed E-state index contributed by atoms with van der Waals surface area (Å²) < 4.78 is 11.5. The molecule has 0 atom stereocenters. The van der Waals surface area contributed by atoms with Gasteiger partial charge in [0, 0.05) is 10.8 Å². The van der Waals surface area contributed by atoms with E-state index in [1.165, 1.54) is 42.2 Å². The minimum Gasteiger partial charge on any atom is -0.484 e. The van der Waals surface area contributed by atoms with Crippen molar-refractivity contribution in [1.29, 1.82) is 0 Å². The van der Waals surface area contributed by atoms with Crippen molar-refractivity contribution in [2.75, 3.05) is 0 Å². The zero-order valence-electron chi connectivity index (χ0n) is 14.3. The quantitative estimate of drug-likeness (QED) is 0.525. The highest BCUT2D eigenvalue weighted by Gasteiger charge is 2.12. The second-order valence-corrected chi connectivity index (χ2v) is 7.60. The Morgan fingerprint density at radius 2 is 1.88 bits per heavy atom. The van der Waals surface area contributed by atoms with E-state index in [1.54, 1.807) is 0 Å². The average molecular weight is 387 g/mol. The average Bonchev–Trinajstić information content (AvgIpc) is 3.13. The molecule has 0 N–H and O–H groups in total. The smallest absolute Gasteiger partial charge is 0.277 e. The van der Waals surface area contributed by atoms with E-state index in [9.17, 15) is 0 Å². The number of aryl methyl sites for hydroxylation is 2. The minimum atomic E-state index is 0.276. The van der Waals surface area contributed by atoms with Crippen molar-refractivity contribution in [2.45, 2.75) is 43.3 Å². The van der Waals surface area contributed by atoms with Crippen molar-refractivity contribution in [1.82, 2.24) is 10.2 Å². The molecule has 0 bridgehead atoms. The van der Waals surface area contributed by atoms with Gasteiger partial charge in [-0.05, 0) is 60.6 Å². The summed E-state index contributed by atoms with van der Waals surface area (Å²) in [5.74, 6) is 2.02. The molecule has 26 heavy (non-hydrogen) atoms. The Balaban J connectivity index is 1.33. The summed E-state index contributed by atoms with van der Waals surface area (Å²) in [4.78, 5) is 0. The third-order valence-corrected chi connectivity index (χ3v) is 5.68. The van der Waals surface area contributed by atoms with Crippen molar-refractivity contribution in [3.63, 3.8) is 0 Å². The van der Waals surface area contributed by atoms with Gasteiger partial charge in [0.25, 0.3) is 11.1 Å². The second-order valence-electron chi connectivity index (χ2n) is 6.27. The lowest BCUT2D eigenvalue weighted by Gasteiger charge is -2.16. The molecule has 4 nitrogen and oxygen atoms in total. The molecule has 1 heterocycles. The van der Waals surface area contributed by atoms with Crippen LogP contribution in [0.5, 0.6) is 5.75 Å². The van der Waals surface area contributed by atoms with Crippen LogP contribution in [0.3, 0.4) is 0 Å². The van der Waals surface area contributed by atoms with Crippen LogP contribution in [0.25, 0.3) is 0 Å². The van der Waals surface area contributed by atoms with E-state index in [-0.39, 0.29) is 6.61 Å². The first-order valence-electron chi connectivity index (χ1n) is 8.71. The zero-order chi connectivity index (χ0) is 17.8. The molecule has 0 saturated heterocycles. The topological polar surface area (TPSA) is 48.2 Å². The lowest BCUT2D eigenvalue weighted by Crippen LogP contribution is -2.03. The Bertz CT molecular complexity index is 897. The monoisotopic (exact) mass is 386 g/mol. The van der Waals surface area contributed by atoms with Gasteiger partial charge >= 0.3 is 0 Å². The van der Waals surface area contributed by atoms with E-state index < -0.39 is 0 Å². The lowest BCUT2D eigenvalue weighted by molar-refractivity contribution is 0.252. The number of thioether (sulfide) groups is 1. The number of fused-ring (bicyclic) bond motifs is 1. The first-order valence-corrected chi connectivity index (χ1v) is 10.1. The number of ether oxygens (including phenoxy) is 1. The second kappa shape index (κ2) is 8.14. The fourth-order valence-electron chi connectivity index (χ4n) is 3.05. The molecule has 0 saturated carbocycles. The molecule has 0 unspecified atom stereocenters. The van der Waals surface area contributed by atoms with Crippen molar-refractivity contribution >= 4 is 23.4 Å². The lowest BCUT2D eigenvalue weighted by atomic mass is 9.92. The first kappa shape index (κ1) is 17.4. The van der Waals surface area contributed by atoms with Gasteiger partial charge in [-0.2, -0.15) is 0 Å². The Labute approximate surface area is 161 Å². The molecule has 134 valence electrons.